The molecule has 1 aromatic carbocycles. The average Bonchev–Trinajstić information content (AvgIpc) is 2.71. The highest BCUT2D eigenvalue weighted by Crippen LogP contribution is 2.31. The summed E-state index contributed by atoms with van der Waals surface area (Å²) in [5.41, 5.74) is 0.766. The van der Waals surface area contributed by atoms with E-state index in [0.717, 1.165) is 5.69 Å². The molecule has 3 heterocycles. The molecule has 1 fully saturated rings. The van der Waals surface area contributed by atoms with Gasteiger partial charge in [0.05, 0.1) is 0 Å². The predicted molar refractivity (Wildman–Crippen MR) is 103 cm³/mol. The highest BCUT2D eigenvalue weighted by Gasteiger charge is 2.33. The Balaban J connectivity index is 1.33. The van der Waals surface area contributed by atoms with Crippen LogP contribution in [-0.4, -0.2) is 47.3 Å². The summed E-state index contributed by atoms with van der Waals surface area (Å²) in [6.07, 6.45) is 0.792. The van der Waals surface area contributed by atoms with Gasteiger partial charge in [0, 0.05) is 44.7 Å². The maximum atomic E-state index is 12.8. The summed E-state index contributed by atoms with van der Waals surface area (Å²) in [5, 5.41) is 0. The van der Waals surface area contributed by atoms with E-state index in [1.165, 1.54) is 6.07 Å². The van der Waals surface area contributed by atoms with Crippen LogP contribution < -0.4 is 19.8 Å². The molecule has 7 heteroatoms. The van der Waals surface area contributed by atoms with Crippen LogP contribution in [0.5, 0.6) is 17.2 Å². The second kappa shape index (κ2) is 7.58. The molecule has 1 atom stereocenters. The van der Waals surface area contributed by atoms with Gasteiger partial charge in [-0.1, -0.05) is 12.1 Å². The number of hydrogen-bond donors (Lipinski definition) is 0. The fourth-order valence-corrected chi connectivity index (χ4v) is 3.54. The lowest BCUT2D eigenvalue weighted by Gasteiger charge is -2.35. The zero-order chi connectivity index (χ0) is 19.7. The van der Waals surface area contributed by atoms with Crippen molar-refractivity contribution in [3.63, 3.8) is 0 Å². The molecule has 2 aliphatic heterocycles. The van der Waals surface area contributed by atoms with Gasteiger partial charge >= 0.3 is 0 Å². The normalized spacial score (nSPS) is 19.4. The van der Waals surface area contributed by atoms with Gasteiger partial charge in [-0.05, 0) is 25.1 Å². The van der Waals surface area contributed by atoms with Gasteiger partial charge in [-0.15, -0.1) is 0 Å². The number of fused-ring (bicyclic) bond motifs is 1. The first kappa shape index (κ1) is 18.4. The lowest BCUT2D eigenvalue weighted by Crippen LogP contribution is -2.50. The Labute approximate surface area is 163 Å². The Hall–Kier alpha value is -2.96. The molecule has 0 spiro atoms. The Bertz CT molecular complexity index is 931. The van der Waals surface area contributed by atoms with E-state index in [-0.39, 0.29) is 24.2 Å². The van der Waals surface area contributed by atoms with Gasteiger partial charge in [0.2, 0.25) is 6.10 Å². The number of amides is 1. The van der Waals surface area contributed by atoms with E-state index in [0.29, 0.717) is 43.2 Å². The van der Waals surface area contributed by atoms with Crippen molar-refractivity contribution < 1.29 is 19.0 Å². The SMILES string of the molecule is Cc1cc(OC2CCN(C(=O)[C@@H]3COc4ccccc4O3)CC2)cc(=O)n1C. The van der Waals surface area contributed by atoms with Crippen LogP contribution in [0.1, 0.15) is 18.5 Å². The number of carbonyl (C=O) groups excluding carboxylic acids is 1. The topological polar surface area (TPSA) is 70.0 Å². The number of carbonyl (C=O) groups is 1. The highest BCUT2D eigenvalue weighted by atomic mass is 16.6. The van der Waals surface area contributed by atoms with Crippen molar-refractivity contribution in [3.05, 3.63) is 52.4 Å². The van der Waals surface area contributed by atoms with Gasteiger partial charge in [0.15, 0.2) is 11.5 Å². The summed E-state index contributed by atoms with van der Waals surface area (Å²) in [7, 11) is 1.74. The minimum atomic E-state index is -0.618. The molecule has 0 unspecified atom stereocenters. The lowest BCUT2D eigenvalue weighted by molar-refractivity contribution is -0.143. The summed E-state index contributed by atoms with van der Waals surface area (Å²) in [4.78, 5) is 26.5. The van der Waals surface area contributed by atoms with Gasteiger partial charge in [-0.25, -0.2) is 0 Å². The van der Waals surface area contributed by atoms with Gasteiger partial charge in [0.1, 0.15) is 18.5 Å². The van der Waals surface area contributed by atoms with Gasteiger partial charge in [-0.3, -0.25) is 9.59 Å². The third kappa shape index (κ3) is 3.69. The molecule has 0 N–H and O–H groups in total. The van der Waals surface area contributed by atoms with E-state index >= 15 is 0 Å². The summed E-state index contributed by atoms with van der Waals surface area (Å²) >= 11 is 0. The smallest absolute Gasteiger partial charge is 0.267 e. The van der Waals surface area contributed by atoms with Gasteiger partial charge < -0.3 is 23.7 Å². The van der Waals surface area contributed by atoms with E-state index in [9.17, 15) is 9.59 Å². The standard InChI is InChI=1S/C21H24N2O5/c1-14-11-16(12-20(24)22(14)2)27-15-7-9-23(10-8-15)21(25)19-13-26-17-5-3-4-6-18(17)28-19/h3-6,11-12,15,19H,7-10,13H2,1-2H3/t19-/m0/s1. The number of para-hydroxylation sites is 2. The fraction of sp³-hybridized carbons (Fsp3) is 0.429. The molecule has 0 aliphatic carbocycles. The van der Waals surface area contributed by atoms with Crippen LogP contribution in [0.25, 0.3) is 0 Å². The van der Waals surface area contributed by atoms with E-state index in [4.69, 9.17) is 14.2 Å². The van der Waals surface area contributed by atoms with Crippen molar-refractivity contribution in [2.24, 2.45) is 7.05 Å². The molecule has 0 radical (unpaired) electrons. The van der Waals surface area contributed by atoms with Crippen LogP contribution in [0.2, 0.25) is 0 Å². The summed E-state index contributed by atoms with van der Waals surface area (Å²) < 4.78 is 19.0. The van der Waals surface area contributed by atoms with Crippen LogP contribution in [0, 0.1) is 6.92 Å². The molecule has 1 saturated heterocycles. The fourth-order valence-electron chi connectivity index (χ4n) is 3.54. The number of ether oxygens (including phenoxy) is 3. The molecule has 0 saturated carbocycles. The van der Waals surface area contributed by atoms with E-state index < -0.39 is 6.10 Å². The van der Waals surface area contributed by atoms with Gasteiger partial charge in [0.25, 0.3) is 11.5 Å². The molecule has 0 bridgehead atoms. The molecular weight excluding hydrogens is 360 g/mol. The molecule has 2 aliphatic rings. The van der Waals surface area contributed by atoms with E-state index in [1.807, 2.05) is 31.2 Å². The van der Waals surface area contributed by atoms with Crippen molar-refractivity contribution in [2.45, 2.75) is 32.0 Å². The zero-order valence-electron chi connectivity index (χ0n) is 16.1. The van der Waals surface area contributed by atoms with Gasteiger partial charge in [-0.2, -0.15) is 0 Å². The summed E-state index contributed by atoms with van der Waals surface area (Å²) in [5.74, 6) is 1.80. The first-order valence-electron chi connectivity index (χ1n) is 9.53. The van der Waals surface area contributed by atoms with Crippen molar-refractivity contribution >= 4 is 5.91 Å². The van der Waals surface area contributed by atoms with E-state index in [1.54, 1.807) is 22.6 Å². The predicted octanol–water partition coefficient (Wildman–Crippen LogP) is 1.90. The maximum absolute atomic E-state index is 12.8. The largest absolute Gasteiger partial charge is 0.490 e. The Morgan fingerprint density at radius 1 is 1.14 bits per heavy atom. The number of rotatable bonds is 3. The number of nitrogens with zero attached hydrogens (tertiary/aromatic N) is 2. The average molecular weight is 384 g/mol. The Morgan fingerprint density at radius 3 is 2.57 bits per heavy atom. The number of piperidine rings is 1. The molecule has 2 aromatic rings. The Kier molecular flexibility index (Phi) is 4.98. The monoisotopic (exact) mass is 384 g/mol. The van der Waals surface area contributed by atoms with Crippen molar-refractivity contribution in [1.82, 2.24) is 9.47 Å². The van der Waals surface area contributed by atoms with E-state index in [2.05, 4.69) is 0 Å². The number of aromatic nitrogens is 1. The molecule has 148 valence electrons. The third-order valence-corrected chi connectivity index (χ3v) is 5.32. The second-order valence-corrected chi connectivity index (χ2v) is 7.24. The molecule has 1 aromatic heterocycles. The van der Waals surface area contributed by atoms with Crippen molar-refractivity contribution in [2.75, 3.05) is 19.7 Å². The van der Waals surface area contributed by atoms with Crippen LogP contribution in [0.15, 0.2) is 41.2 Å². The number of hydrogen-bond acceptors (Lipinski definition) is 5. The molecule has 4 rings (SSSR count). The van der Waals surface area contributed by atoms with Crippen LogP contribution in [-0.2, 0) is 11.8 Å². The lowest BCUT2D eigenvalue weighted by atomic mass is 10.1. The minimum absolute atomic E-state index is 0.0141. The zero-order valence-corrected chi connectivity index (χ0v) is 16.1. The van der Waals surface area contributed by atoms with Crippen molar-refractivity contribution in [1.29, 1.82) is 0 Å². The van der Waals surface area contributed by atoms with Crippen LogP contribution in [0.3, 0.4) is 0 Å². The maximum Gasteiger partial charge on any atom is 0.267 e. The summed E-state index contributed by atoms with van der Waals surface area (Å²) in [6.45, 7) is 3.28. The number of aryl methyl sites for hydroxylation is 1. The quantitative estimate of drug-likeness (QED) is 0.809. The molecule has 1 amide bonds. The molecular formula is C21H24N2O5. The highest BCUT2D eigenvalue weighted by molar-refractivity contribution is 5.82. The second-order valence-electron chi connectivity index (χ2n) is 7.24. The first-order valence-corrected chi connectivity index (χ1v) is 9.53. The number of pyridine rings is 1. The molecule has 7 nitrogen and oxygen atoms in total. The molecule has 28 heavy (non-hydrogen) atoms. The summed E-state index contributed by atoms with van der Waals surface area (Å²) in [6, 6.07) is 10.7. The van der Waals surface area contributed by atoms with Crippen LogP contribution >= 0.6 is 0 Å². The third-order valence-electron chi connectivity index (χ3n) is 5.32. The Morgan fingerprint density at radius 2 is 1.86 bits per heavy atom. The number of benzene rings is 1. The van der Waals surface area contributed by atoms with Crippen LogP contribution in [0.4, 0.5) is 0 Å². The minimum Gasteiger partial charge on any atom is -0.490 e. The van der Waals surface area contributed by atoms with Crippen molar-refractivity contribution in [3.8, 4) is 17.2 Å². The number of likely N-dealkylation sites (tertiary alicyclic amines) is 1. The first-order chi connectivity index (χ1) is 13.5.